The Kier molecular flexibility index (Phi) is 5.28. The predicted octanol–water partition coefficient (Wildman–Crippen LogP) is 1.65. The van der Waals surface area contributed by atoms with E-state index in [9.17, 15) is 19.3 Å². The number of aromatic nitrogens is 1. The number of carbonyl (C=O) groups excluding carboxylic acids is 1. The molecule has 0 saturated carbocycles. The van der Waals surface area contributed by atoms with Crippen LogP contribution >= 0.6 is 23.2 Å². The first-order chi connectivity index (χ1) is 9.23. The van der Waals surface area contributed by atoms with Crippen molar-refractivity contribution in [3.63, 3.8) is 0 Å². The normalized spacial score (nSPS) is 11.8. The van der Waals surface area contributed by atoms with Crippen molar-refractivity contribution in [3.05, 3.63) is 26.1 Å². The van der Waals surface area contributed by atoms with Gasteiger partial charge in [0.15, 0.2) is 6.10 Å². The first-order valence-electron chi connectivity index (χ1n) is 4.99. The number of carbonyl (C=O) groups is 1. The van der Waals surface area contributed by atoms with Gasteiger partial charge in [0.05, 0.1) is 10.6 Å². The van der Waals surface area contributed by atoms with Gasteiger partial charge in [0.25, 0.3) is 0 Å². The van der Waals surface area contributed by atoms with Crippen molar-refractivity contribution in [2.45, 2.75) is 13.0 Å². The molecule has 1 aromatic heterocycles. The Morgan fingerprint density at radius 3 is 2.70 bits per heavy atom. The SMILES string of the molecule is C[C@@H](Oc1nc(F)c(Cl)c(N)c1Cl)C(=O)OC[N+](=O)[O-]. The van der Waals surface area contributed by atoms with E-state index in [2.05, 4.69) is 9.72 Å². The first-order valence-corrected chi connectivity index (χ1v) is 5.74. The van der Waals surface area contributed by atoms with Gasteiger partial charge in [0, 0.05) is 0 Å². The zero-order valence-electron chi connectivity index (χ0n) is 9.93. The molecule has 1 aromatic rings. The Hall–Kier alpha value is -1.87. The van der Waals surface area contributed by atoms with Crippen LogP contribution in [-0.2, 0) is 9.53 Å². The Morgan fingerprint density at radius 2 is 2.15 bits per heavy atom. The molecule has 0 spiro atoms. The van der Waals surface area contributed by atoms with E-state index >= 15 is 0 Å². The molecule has 0 unspecified atom stereocenters. The smallest absolute Gasteiger partial charge is 0.352 e. The van der Waals surface area contributed by atoms with Crippen molar-refractivity contribution in [2.24, 2.45) is 0 Å². The molecular weight excluding hydrogens is 320 g/mol. The molecule has 0 fully saturated rings. The zero-order chi connectivity index (χ0) is 15.4. The number of pyridine rings is 1. The van der Waals surface area contributed by atoms with Gasteiger partial charge in [0.1, 0.15) is 10.0 Å². The predicted molar refractivity (Wildman–Crippen MR) is 66.7 cm³/mol. The summed E-state index contributed by atoms with van der Waals surface area (Å²) >= 11 is 11.2. The lowest BCUT2D eigenvalue weighted by Crippen LogP contribution is -2.28. The van der Waals surface area contributed by atoms with Crippen molar-refractivity contribution in [1.82, 2.24) is 4.98 Å². The number of anilines is 1. The number of nitrogens with two attached hydrogens (primary N) is 1. The fourth-order valence-corrected chi connectivity index (χ4v) is 1.40. The number of halogens is 3. The molecule has 20 heavy (non-hydrogen) atoms. The summed E-state index contributed by atoms with van der Waals surface area (Å²) in [7, 11) is 0. The average molecular weight is 328 g/mol. The second-order valence-electron chi connectivity index (χ2n) is 3.43. The third-order valence-corrected chi connectivity index (χ3v) is 2.70. The Bertz CT molecular complexity index is 557. The summed E-state index contributed by atoms with van der Waals surface area (Å²) in [5.41, 5.74) is 5.10. The van der Waals surface area contributed by atoms with Crippen LogP contribution in [0.2, 0.25) is 10.0 Å². The van der Waals surface area contributed by atoms with Crippen molar-refractivity contribution < 1.29 is 23.6 Å². The monoisotopic (exact) mass is 327 g/mol. The molecule has 1 heterocycles. The van der Waals surface area contributed by atoms with Gasteiger partial charge >= 0.3 is 12.7 Å². The van der Waals surface area contributed by atoms with E-state index < -0.39 is 40.6 Å². The molecule has 0 aliphatic rings. The minimum Gasteiger partial charge on any atom is -0.461 e. The molecule has 0 aliphatic carbocycles. The molecule has 1 atom stereocenters. The van der Waals surface area contributed by atoms with E-state index in [1.54, 1.807) is 0 Å². The highest BCUT2D eigenvalue weighted by Crippen LogP contribution is 2.35. The van der Waals surface area contributed by atoms with Gasteiger partial charge < -0.3 is 15.2 Å². The number of rotatable bonds is 5. The Morgan fingerprint density at radius 1 is 1.55 bits per heavy atom. The highest BCUT2D eigenvalue weighted by molar-refractivity contribution is 6.39. The maximum atomic E-state index is 13.3. The van der Waals surface area contributed by atoms with Crippen LogP contribution in [0.25, 0.3) is 0 Å². The summed E-state index contributed by atoms with van der Waals surface area (Å²) in [4.78, 5) is 23.8. The summed E-state index contributed by atoms with van der Waals surface area (Å²) in [5, 5.41) is 9.27. The lowest BCUT2D eigenvalue weighted by molar-refractivity contribution is -0.519. The second kappa shape index (κ2) is 6.53. The number of nitrogen functional groups attached to an aromatic ring is 1. The number of esters is 1. The highest BCUT2D eigenvalue weighted by atomic mass is 35.5. The minimum atomic E-state index is -1.31. The lowest BCUT2D eigenvalue weighted by Gasteiger charge is -2.14. The van der Waals surface area contributed by atoms with Gasteiger partial charge in [-0.05, 0) is 6.92 Å². The molecule has 2 N–H and O–H groups in total. The molecule has 0 aromatic carbocycles. The van der Waals surface area contributed by atoms with E-state index in [-0.39, 0.29) is 10.7 Å². The van der Waals surface area contributed by atoms with Crippen LogP contribution in [0.4, 0.5) is 10.1 Å². The third-order valence-electron chi connectivity index (χ3n) is 1.97. The molecular formula is C9H8Cl2FN3O5. The van der Waals surface area contributed by atoms with E-state index in [4.69, 9.17) is 33.7 Å². The van der Waals surface area contributed by atoms with Crippen LogP contribution in [0.3, 0.4) is 0 Å². The van der Waals surface area contributed by atoms with Gasteiger partial charge in [-0.1, -0.05) is 23.2 Å². The summed E-state index contributed by atoms with van der Waals surface area (Å²) in [6, 6.07) is 0. The fraction of sp³-hybridized carbons (Fsp3) is 0.333. The first kappa shape index (κ1) is 16.2. The average Bonchev–Trinajstić information content (AvgIpc) is 2.39. The van der Waals surface area contributed by atoms with Gasteiger partial charge in [-0.25, -0.2) is 4.79 Å². The topological polar surface area (TPSA) is 118 Å². The van der Waals surface area contributed by atoms with Crippen LogP contribution in [-0.4, -0.2) is 28.7 Å². The summed E-state index contributed by atoms with van der Waals surface area (Å²) in [6.45, 7) is 0.188. The van der Waals surface area contributed by atoms with Crippen molar-refractivity contribution >= 4 is 34.9 Å². The van der Waals surface area contributed by atoms with Gasteiger partial charge in [-0.15, -0.1) is 0 Å². The number of ether oxygens (including phenoxy) is 2. The maximum absolute atomic E-state index is 13.3. The number of nitrogens with zero attached hydrogens (tertiary/aromatic N) is 2. The van der Waals surface area contributed by atoms with Crippen LogP contribution < -0.4 is 10.5 Å². The van der Waals surface area contributed by atoms with Gasteiger partial charge in [-0.2, -0.15) is 9.37 Å². The summed E-state index contributed by atoms with van der Waals surface area (Å²) < 4.78 is 22.5. The third kappa shape index (κ3) is 3.81. The number of nitro groups is 1. The van der Waals surface area contributed by atoms with Crippen LogP contribution in [0.15, 0.2) is 0 Å². The highest BCUT2D eigenvalue weighted by Gasteiger charge is 2.23. The largest absolute Gasteiger partial charge is 0.461 e. The maximum Gasteiger partial charge on any atom is 0.352 e. The minimum absolute atomic E-state index is 0.287. The quantitative estimate of drug-likeness (QED) is 0.287. The van der Waals surface area contributed by atoms with E-state index in [0.717, 1.165) is 0 Å². The molecule has 0 bridgehead atoms. The molecule has 8 nitrogen and oxygen atoms in total. The van der Waals surface area contributed by atoms with E-state index in [1.807, 2.05) is 0 Å². The van der Waals surface area contributed by atoms with Gasteiger partial charge in [0.2, 0.25) is 11.8 Å². The van der Waals surface area contributed by atoms with Crippen LogP contribution in [0.5, 0.6) is 5.88 Å². The number of hydrogen-bond acceptors (Lipinski definition) is 7. The molecule has 0 amide bonds. The van der Waals surface area contributed by atoms with Crippen LogP contribution in [0, 0.1) is 16.1 Å². The standard InChI is InChI=1S/C9H8Cl2FN3O5/c1-3(9(16)19-2-15(17)18)20-8-5(11)6(13)4(10)7(12)14-8/h3H,2H2,1H3,(H2,13,14)/t3-/m1/s1. The van der Waals surface area contributed by atoms with E-state index in [1.165, 1.54) is 6.92 Å². The van der Waals surface area contributed by atoms with Crippen LogP contribution in [0.1, 0.15) is 6.92 Å². The van der Waals surface area contributed by atoms with E-state index in [0.29, 0.717) is 0 Å². The Balaban J connectivity index is 2.83. The molecule has 0 radical (unpaired) electrons. The van der Waals surface area contributed by atoms with Crippen molar-refractivity contribution in [1.29, 1.82) is 0 Å². The molecule has 1 rings (SSSR count). The van der Waals surface area contributed by atoms with Crippen molar-refractivity contribution in [2.75, 3.05) is 12.5 Å². The summed E-state index contributed by atoms with van der Waals surface area (Å²) in [5.74, 6) is -2.65. The molecule has 0 saturated heterocycles. The summed E-state index contributed by atoms with van der Waals surface area (Å²) in [6.07, 6.45) is -1.31. The lowest BCUT2D eigenvalue weighted by atomic mass is 10.4. The molecule has 110 valence electrons. The number of hydrogen-bond donors (Lipinski definition) is 1. The zero-order valence-corrected chi connectivity index (χ0v) is 11.4. The molecule has 0 aliphatic heterocycles. The van der Waals surface area contributed by atoms with Gasteiger partial charge in [-0.3, -0.25) is 10.1 Å². The Labute approximate surface area is 121 Å². The second-order valence-corrected chi connectivity index (χ2v) is 4.19. The fourth-order valence-electron chi connectivity index (χ4n) is 1.04. The van der Waals surface area contributed by atoms with Crippen molar-refractivity contribution in [3.8, 4) is 5.88 Å². The molecule has 11 heteroatoms.